The minimum Gasteiger partial charge on any atom is -0.366 e. The minimum absolute atomic E-state index is 0.359. The second-order valence-corrected chi connectivity index (χ2v) is 3.86. The lowest BCUT2D eigenvalue weighted by Crippen LogP contribution is -2.14. The summed E-state index contributed by atoms with van der Waals surface area (Å²) in [6, 6.07) is 0. The SMILES string of the molecule is C=C(C)CC(CC(=C)C)=C(C)C(N)=O. The largest absolute Gasteiger partial charge is 0.366 e. The lowest BCUT2D eigenvalue weighted by molar-refractivity contribution is -0.114. The van der Waals surface area contributed by atoms with Crippen LogP contribution in [0.5, 0.6) is 0 Å². The number of allylic oxidation sites excluding steroid dienone is 3. The van der Waals surface area contributed by atoms with Crippen molar-refractivity contribution in [1.29, 1.82) is 0 Å². The molecular formula is C12H19NO. The highest BCUT2D eigenvalue weighted by molar-refractivity contribution is 5.92. The number of hydrogen-bond acceptors (Lipinski definition) is 1. The molecule has 2 nitrogen and oxygen atoms in total. The molecule has 0 aliphatic heterocycles. The van der Waals surface area contributed by atoms with Crippen LogP contribution < -0.4 is 5.73 Å². The van der Waals surface area contributed by atoms with Gasteiger partial charge in [-0.2, -0.15) is 0 Å². The van der Waals surface area contributed by atoms with Gasteiger partial charge in [0.05, 0.1) is 0 Å². The number of primary amides is 1. The number of rotatable bonds is 5. The first kappa shape index (κ1) is 12.7. The Morgan fingerprint density at radius 2 is 1.43 bits per heavy atom. The zero-order valence-corrected chi connectivity index (χ0v) is 9.31. The van der Waals surface area contributed by atoms with Crippen LogP contribution in [0.1, 0.15) is 33.6 Å². The highest BCUT2D eigenvalue weighted by Crippen LogP contribution is 2.20. The Kier molecular flexibility index (Phi) is 4.92. The van der Waals surface area contributed by atoms with Gasteiger partial charge in [0.1, 0.15) is 0 Å². The van der Waals surface area contributed by atoms with E-state index in [4.69, 9.17) is 5.73 Å². The Labute approximate surface area is 86.2 Å². The van der Waals surface area contributed by atoms with E-state index in [-0.39, 0.29) is 5.91 Å². The Balaban J connectivity index is 4.87. The van der Waals surface area contributed by atoms with Gasteiger partial charge in [-0.25, -0.2) is 0 Å². The maximum absolute atomic E-state index is 11.0. The van der Waals surface area contributed by atoms with Gasteiger partial charge in [0.15, 0.2) is 0 Å². The molecule has 2 N–H and O–H groups in total. The van der Waals surface area contributed by atoms with Crippen molar-refractivity contribution < 1.29 is 4.79 Å². The van der Waals surface area contributed by atoms with Gasteiger partial charge in [-0.3, -0.25) is 4.79 Å². The zero-order chi connectivity index (χ0) is 11.3. The molecule has 0 aliphatic rings. The van der Waals surface area contributed by atoms with Crippen LogP contribution in [0.4, 0.5) is 0 Å². The van der Waals surface area contributed by atoms with E-state index in [0.717, 1.165) is 29.6 Å². The van der Waals surface area contributed by atoms with E-state index in [0.29, 0.717) is 5.57 Å². The molecule has 0 saturated carbocycles. The molecule has 0 spiro atoms. The predicted octanol–water partition coefficient (Wildman–Crippen LogP) is 2.72. The minimum atomic E-state index is -0.359. The quantitative estimate of drug-likeness (QED) is 0.529. The number of carbonyl (C=O) groups excluding carboxylic acids is 1. The van der Waals surface area contributed by atoms with E-state index in [1.807, 2.05) is 13.8 Å². The van der Waals surface area contributed by atoms with E-state index in [1.54, 1.807) is 6.92 Å². The van der Waals surface area contributed by atoms with Gasteiger partial charge in [-0.05, 0) is 33.6 Å². The summed E-state index contributed by atoms with van der Waals surface area (Å²) >= 11 is 0. The molecule has 0 unspecified atom stereocenters. The molecule has 0 saturated heterocycles. The van der Waals surface area contributed by atoms with Gasteiger partial charge >= 0.3 is 0 Å². The third kappa shape index (κ3) is 4.65. The first-order valence-electron chi connectivity index (χ1n) is 4.61. The summed E-state index contributed by atoms with van der Waals surface area (Å²) in [7, 11) is 0. The Morgan fingerprint density at radius 1 is 1.07 bits per heavy atom. The normalized spacial score (nSPS) is 9.36. The molecule has 0 radical (unpaired) electrons. The molecule has 0 aromatic carbocycles. The van der Waals surface area contributed by atoms with Crippen LogP contribution in [0.3, 0.4) is 0 Å². The second kappa shape index (κ2) is 5.43. The van der Waals surface area contributed by atoms with Gasteiger partial charge in [0, 0.05) is 5.57 Å². The molecule has 1 amide bonds. The van der Waals surface area contributed by atoms with Crippen LogP contribution in [0.15, 0.2) is 35.5 Å². The molecule has 14 heavy (non-hydrogen) atoms. The van der Waals surface area contributed by atoms with Crippen LogP contribution in [0.25, 0.3) is 0 Å². The first-order valence-corrected chi connectivity index (χ1v) is 4.61. The van der Waals surface area contributed by atoms with Gasteiger partial charge in [0.25, 0.3) is 0 Å². The summed E-state index contributed by atoms with van der Waals surface area (Å²) in [6.07, 6.45) is 1.45. The number of nitrogens with two attached hydrogens (primary N) is 1. The fourth-order valence-electron chi connectivity index (χ4n) is 1.23. The molecule has 0 aromatic rings. The third-order valence-electron chi connectivity index (χ3n) is 1.93. The summed E-state index contributed by atoms with van der Waals surface area (Å²) in [6.45, 7) is 13.3. The maximum Gasteiger partial charge on any atom is 0.244 e. The maximum atomic E-state index is 11.0. The van der Waals surface area contributed by atoms with Crippen molar-refractivity contribution in [2.75, 3.05) is 0 Å². The van der Waals surface area contributed by atoms with E-state index in [2.05, 4.69) is 13.2 Å². The van der Waals surface area contributed by atoms with E-state index in [1.165, 1.54) is 0 Å². The molecule has 78 valence electrons. The molecule has 0 fully saturated rings. The van der Waals surface area contributed by atoms with Crippen molar-refractivity contribution in [3.05, 3.63) is 35.5 Å². The molecule has 0 aliphatic carbocycles. The lowest BCUT2D eigenvalue weighted by atomic mass is 9.96. The van der Waals surface area contributed by atoms with Crippen molar-refractivity contribution in [3.63, 3.8) is 0 Å². The highest BCUT2D eigenvalue weighted by atomic mass is 16.1. The van der Waals surface area contributed by atoms with Crippen molar-refractivity contribution in [2.45, 2.75) is 33.6 Å². The zero-order valence-electron chi connectivity index (χ0n) is 9.31. The monoisotopic (exact) mass is 193 g/mol. The van der Waals surface area contributed by atoms with E-state index < -0.39 is 0 Å². The summed E-state index contributed by atoms with van der Waals surface area (Å²) in [5.41, 5.74) is 8.95. The fourth-order valence-corrected chi connectivity index (χ4v) is 1.23. The first-order chi connectivity index (χ1) is 6.34. The topological polar surface area (TPSA) is 43.1 Å². The molecule has 0 rings (SSSR count). The van der Waals surface area contributed by atoms with Crippen molar-refractivity contribution in [1.82, 2.24) is 0 Å². The van der Waals surface area contributed by atoms with Crippen molar-refractivity contribution in [3.8, 4) is 0 Å². The average Bonchev–Trinajstić information content (AvgIpc) is 1.99. The predicted molar refractivity (Wildman–Crippen MR) is 60.8 cm³/mol. The van der Waals surface area contributed by atoms with Crippen molar-refractivity contribution >= 4 is 5.91 Å². The van der Waals surface area contributed by atoms with Crippen LogP contribution in [-0.4, -0.2) is 5.91 Å². The smallest absolute Gasteiger partial charge is 0.244 e. The van der Waals surface area contributed by atoms with Crippen LogP contribution in [0.2, 0.25) is 0 Å². The second-order valence-electron chi connectivity index (χ2n) is 3.86. The third-order valence-corrected chi connectivity index (χ3v) is 1.93. The summed E-state index contributed by atoms with van der Waals surface area (Å²) in [5, 5.41) is 0. The number of amides is 1. The van der Waals surface area contributed by atoms with Crippen LogP contribution >= 0.6 is 0 Å². The summed E-state index contributed by atoms with van der Waals surface area (Å²) in [4.78, 5) is 11.0. The molecule has 0 bridgehead atoms. The van der Waals surface area contributed by atoms with Gasteiger partial charge in [-0.1, -0.05) is 29.9 Å². The lowest BCUT2D eigenvalue weighted by Gasteiger charge is -2.10. The van der Waals surface area contributed by atoms with Crippen LogP contribution in [0, 0.1) is 0 Å². The molecular weight excluding hydrogens is 174 g/mol. The molecule has 0 heterocycles. The Hall–Kier alpha value is -1.31. The Morgan fingerprint density at radius 3 is 1.64 bits per heavy atom. The summed E-state index contributed by atoms with van der Waals surface area (Å²) in [5.74, 6) is -0.359. The number of hydrogen-bond donors (Lipinski definition) is 1. The molecule has 2 heteroatoms. The average molecular weight is 193 g/mol. The summed E-state index contributed by atoms with van der Waals surface area (Å²) < 4.78 is 0. The van der Waals surface area contributed by atoms with Crippen molar-refractivity contribution in [2.24, 2.45) is 5.73 Å². The van der Waals surface area contributed by atoms with Gasteiger partial charge in [0.2, 0.25) is 5.91 Å². The fraction of sp³-hybridized carbons (Fsp3) is 0.417. The number of carbonyl (C=O) groups is 1. The van der Waals surface area contributed by atoms with E-state index >= 15 is 0 Å². The molecule has 0 aromatic heterocycles. The van der Waals surface area contributed by atoms with E-state index in [9.17, 15) is 4.79 Å². The van der Waals surface area contributed by atoms with Gasteiger partial charge in [-0.15, -0.1) is 0 Å². The van der Waals surface area contributed by atoms with Gasteiger partial charge < -0.3 is 5.73 Å². The Bertz CT molecular complexity index is 279. The standard InChI is InChI=1S/C12H19NO/c1-8(2)6-11(7-9(3)4)10(5)12(13)14/h1,3,6-7H2,2,4-5H3,(H2,13,14). The highest BCUT2D eigenvalue weighted by Gasteiger charge is 2.07. The molecule has 0 atom stereocenters. The van der Waals surface area contributed by atoms with Crippen LogP contribution in [-0.2, 0) is 4.79 Å².